The number of nitrogens with zero attached hydrogens (tertiary/aromatic N) is 4. The normalized spacial score (nSPS) is 11.5. The van der Waals surface area contributed by atoms with E-state index in [-0.39, 0.29) is 48.6 Å². The standard InChI is InChI=1S/C24H34N10O3.2ClH/c1-14(29-24(26-2)27-3)10-28-21(35)19-8-16(12-33(19)5)31-23(37)20-9-17(13-34(20)6)30-22(36)18-7-15(25)11-32(18)4;;/h7-9,11-14H,10,25H2,1-6H3,(H,28,35)(H,30,36)(H,31,37)(H2,26,27,29);2*1H. The van der Waals surface area contributed by atoms with Crippen LogP contribution in [0.1, 0.15) is 38.4 Å². The molecule has 15 heteroatoms. The second-order valence-corrected chi connectivity index (χ2v) is 8.71. The molecule has 1 atom stereocenters. The summed E-state index contributed by atoms with van der Waals surface area (Å²) in [6.45, 7) is 2.30. The number of anilines is 3. The summed E-state index contributed by atoms with van der Waals surface area (Å²) in [6, 6.07) is 4.69. The van der Waals surface area contributed by atoms with Crippen LogP contribution in [0.15, 0.2) is 41.8 Å². The Balaban J connectivity index is 0.00000380. The van der Waals surface area contributed by atoms with E-state index in [0.29, 0.717) is 46.6 Å². The molecule has 0 bridgehead atoms. The fourth-order valence-electron chi connectivity index (χ4n) is 3.79. The number of aliphatic imine (C=N–C) groups is 1. The van der Waals surface area contributed by atoms with Crippen LogP contribution in [0.25, 0.3) is 0 Å². The first-order chi connectivity index (χ1) is 17.5. The first-order valence-electron chi connectivity index (χ1n) is 11.6. The molecule has 3 amide bonds. The van der Waals surface area contributed by atoms with Crippen molar-refractivity contribution in [2.75, 3.05) is 37.0 Å². The monoisotopic (exact) mass is 582 g/mol. The highest BCUT2D eigenvalue weighted by atomic mass is 35.5. The molecule has 0 aromatic carbocycles. The molecule has 0 spiro atoms. The molecule has 3 aromatic rings. The van der Waals surface area contributed by atoms with Gasteiger partial charge in [0.05, 0.1) is 17.1 Å². The number of carbonyl (C=O) groups excluding carboxylic acids is 3. The molecule has 1 unspecified atom stereocenters. The van der Waals surface area contributed by atoms with Crippen LogP contribution in [0, 0.1) is 0 Å². The number of aromatic nitrogens is 3. The molecule has 3 heterocycles. The van der Waals surface area contributed by atoms with Gasteiger partial charge in [0.15, 0.2) is 5.96 Å². The van der Waals surface area contributed by atoms with Crippen molar-refractivity contribution in [3.8, 4) is 0 Å². The highest BCUT2D eigenvalue weighted by Crippen LogP contribution is 2.19. The molecule has 3 rings (SSSR count). The average molecular weight is 584 g/mol. The van der Waals surface area contributed by atoms with Crippen LogP contribution >= 0.6 is 24.8 Å². The maximum absolute atomic E-state index is 12.9. The zero-order chi connectivity index (χ0) is 27.3. The van der Waals surface area contributed by atoms with Crippen molar-refractivity contribution >= 4 is 65.6 Å². The van der Waals surface area contributed by atoms with E-state index < -0.39 is 0 Å². The molecule has 39 heavy (non-hydrogen) atoms. The molecule has 3 aromatic heterocycles. The minimum Gasteiger partial charge on any atom is -0.397 e. The lowest BCUT2D eigenvalue weighted by Crippen LogP contribution is -2.46. The maximum Gasteiger partial charge on any atom is 0.272 e. The number of guanidine groups is 1. The summed E-state index contributed by atoms with van der Waals surface area (Å²) in [4.78, 5) is 42.2. The molecular weight excluding hydrogens is 547 g/mol. The van der Waals surface area contributed by atoms with Crippen molar-refractivity contribution in [2.45, 2.75) is 13.0 Å². The summed E-state index contributed by atoms with van der Waals surface area (Å²) in [5.41, 5.74) is 8.27. The van der Waals surface area contributed by atoms with Gasteiger partial charge in [-0.25, -0.2) is 0 Å². The zero-order valence-corrected chi connectivity index (χ0v) is 24.3. The molecule has 0 aliphatic carbocycles. The van der Waals surface area contributed by atoms with Gasteiger partial charge in [-0.15, -0.1) is 24.8 Å². The van der Waals surface area contributed by atoms with E-state index in [1.165, 1.54) is 0 Å². The Morgan fingerprint density at radius 2 is 1.31 bits per heavy atom. The number of carbonyl (C=O) groups is 3. The Hall–Kier alpha value is -4.10. The van der Waals surface area contributed by atoms with Crippen LogP contribution in [-0.4, -0.2) is 64.1 Å². The van der Waals surface area contributed by atoms with Gasteiger partial charge in [0.25, 0.3) is 17.7 Å². The number of halogens is 2. The first-order valence-corrected chi connectivity index (χ1v) is 11.6. The highest BCUT2D eigenvalue weighted by Gasteiger charge is 2.18. The van der Waals surface area contributed by atoms with Crippen LogP contribution in [0.4, 0.5) is 17.1 Å². The zero-order valence-electron chi connectivity index (χ0n) is 22.7. The lowest BCUT2D eigenvalue weighted by atomic mass is 10.3. The number of hydrogen-bond donors (Lipinski definition) is 6. The van der Waals surface area contributed by atoms with Gasteiger partial charge in [-0.05, 0) is 25.1 Å². The molecule has 0 aliphatic heterocycles. The summed E-state index contributed by atoms with van der Waals surface area (Å²) in [5, 5.41) is 14.5. The van der Waals surface area contributed by atoms with Crippen LogP contribution in [0.5, 0.6) is 0 Å². The summed E-state index contributed by atoms with van der Waals surface area (Å²) in [7, 11) is 8.57. The molecule has 0 saturated carbocycles. The number of nitrogens with one attached hydrogen (secondary N) is 5. The summed E-state index contributed by atoms with van der Waals surface area (Å²) in [5.74, 6) is -0.385. The topological polar surface area (TPSA) is 165 Å². The lowest BCUT2D eigenvalue weighted by molar-refractivity contribution is 0.0941. The summed E-state index contributed by atoms with van der Waals surface area (Å²) in [6.07, 6.45) is 4.94. The van der Waals surface area contributed by atoms with Gasteiger partial charge in [-0.3, -0.25) is 19.4 Å². The molecule has 0 saturated heterocycles. The van der Waals surface area contributed by atoms with Crippen molar-refractivity contribution < 1.29 is 14.4 Å². The molecular formula is C24H36Cl2N10O3. The van der Waals surface area contributed by atoms with Crippen LogP contribution in [0.2, 0.25) is 0 Å². The Kier molecular flexibility index (Phi) is 12.0. The second kappa shape index (κ2) is 14.2. The summed E-state index contributed by atoms with van der Waals surface area (Å²) >= 11 is 0. The fourth-order valence-corrected chi connectivity index (χ4v) is 3.79. The third kappa shape index (κ3) is 8.19. The predicted molar refractivity (Wildman–Crippen MR) is 158 cm³/mol. The average Bonchev–Trinajstić information content (AvgIpc) is 3.51. The lowest BCUT2D eigenvalue weighted by Gasteiger charge is -2.17. The quantitative estimate of drug-likeness (QED) is 0.174. The third-order valence-corrected chi connectivity index (χ3v) is 5.66. The Bertz CT molecular complexity index is 1340. The van der Waals surface area contributed by atoms with Gasteiger partial charge in [0, 0.05) is 66.4 Å². The van der Waals surface area contributed by atoms with Gasteiger partial charge < -0.3 is 46.0 Å². The van der Waals surface area contributed by atoms with E-state index in [1.54, 1.807) is 85.7 Å². The molecule has 7 N–H and O–H groups in total. The number of rotatable bonds is 8. The molecule has 0 radical (unpaired) electrons. The third-order valence-electron chi connectivity index (χ3n) is 5.66. The Labute approximate surface area is 239 Å². The minimum absolute atomic E-state index is 0. The van der Waals surface area contributed by atoms with Crippen molar-refractivity contribution in [1.82, 2.24) is 29.7 Å². The van der Waals surface area contributed by atoms with Gasteiger partial charge in [-0.2, -0.15) is 0 Å². The van der Waals surface area contributed by atoms with E-state index in [9.17, 15) is 14.4 Å². The highest BCUT2D eigenvalue weighted by molar-refractivity contribution is 6.07. The summed E-state index contributed by atoms with van der Waals surface area (Å²) < 4.78 is 4.87. The van der Waals surface area contributed by atoms with Crippen LogP contribution < -0.4 is 32.3 Å². The fraction of sp³-hybridized carbons (Fsp3) is 0.333. The van der Waals surface area contributed by atoms with E-state index >= 15 is 0 Å². The van der Waals surface area contributed by atoms with Crippen molar-refractivity contribution in [2.24, 2.45) is 26.1 Å². The molecule has 13 nitrogen and oxygen atoms in total. The molecule has 0 fully saturated rings. The second-order valence-electron chi connectivity index (χ2n) is 8.71. The van der Waals surface area contributed by atoms with E-state index in [4.69, 9.17) is 5.73 Å². The number of amides is 3. The van der Waals surface area contributed by atoms with Crippen LogP contribution in [0.3, 0.4) is 0 Å². The van der Waals surface area contributed by atoms with Gasteiger partial charge in [-0.1, -0.05) is 0 Å². The smallest absolute Gasteiger partial charge is 0.272 e. The van der Waals surface area contributed by atoms with Gasteiger partial charge in [0.2, 0.25) is 0 Å². The number of hydrogen-bond acceptors (Lipinski definition) is 5. The first kappa shape index (κ1) is 32.9. The number of aryl methyl sites for hydroxylation is 3. The number of nitrogens with two attached hydrogens (primary N) is 1. The van der Waals surface area contributed by atoms with Gasteiger partial charge >= 0.3 is 0 Å². The number of nitrogen functional groups attached to an aromatic ring is 1. The van der Waals surface area contributed by atoms with Crippen molar-refractivity contribution in [3.05, 3.63) is 53.9 Å². The SMILES string of the molecule is CN=C(NC)NC(C)CNC(=O)c1cc(NC(=O)c2cc(NC(=O)c3cc(N)cn3C)cn2C)cn1C.Cl.Cl. The Morgan fingerprint density at radius 1 is 0.846 bits per heavy atom. The van der Waals surface area contributed by atoms with E-state index in [0.717, 1.165) is 0 Å². The van der Waals surface area contributed by atoms with Crippen LogP contribution in [-0.2, 0) is 21.1 Å². The molecule has 214 valence electrons. The van der Waals surface area contributed by atoms with E-state index in [1.807, 2.05) is 6.92 Å². The van der Waals surface area contributed by atoms with Crippen molar-refractivity contribution in [1.29, 1.82) is 0 Å². The predicted octanol–water partition coefficient (Wildman–Crippen LogP) is 1.55. The van der Waals surface area contributed by atoms with Crippen molar-refractivity contribution in [3.63, 3.8) is 0 Å². The van der Waals surface area contributed by atoms with E-state index in [2.05, 4.69) is 31.6 Å². The molecule has 0 aliphatic rings. The Morgan fingerprint density at radius 3 is 1.74 bits per heavy atom. The maximum atomic E-state index is 12.9. The largest absolute Gasteiger partial charge is 0.397 e. The minimum atomic E-state index is -0.389. The van der Waals surface area contributed by atoms with Gasteiger partial charge in [0.1, 0.15) is 17.1 Å².